The first-order valence-corrected chi connectivity index (χ1v) is 10.2. The summed E-state index contributed by atoms with van der Waals surface area (Å²) in [6.45, 7) is -0.206. The van der Waals surface area contributed by atoms with Crippen LogP contribution < -0.4 is 5.56 Å². The van der Waals surface area contributed by atoms with E-state index in [0.717, 1.165) is 36.1 Å². The van der Waals surface area contributed by atoms with Gasteiger partial charge in [-0.25, -0.2) is 13.1 Å². The number of carbonyl (C=O) groups excluding carboxylic acids is 1. The number of fused-ring (bicyclic) bond motifs is 1. The number of nitrogens with zero attached hydrogens (tertiary/aromatic N) is 4. The van der Waals surface area contributed by atoms with Crippen molar-refractivity contribution in [1.82, 2.24) is 15.0 Å². The van der Waals surface area contributed by atoms with Crippen molar-refractivity contribution in [3.8, 4) is 0 Å². The third kappa shape index (κ3) is 4.03. The normalized spacial score (nSPS) is 12.4. The van der Waals surface area contributed by atoms with Crippen LogP contribution in [0.3, 0.4) is 0 Å². The molecule has 11 nitrogen and oxygen atoms in total. The van der Waals surface area contributed by atoms with E-state index in [1.54, 1.807) is 24.3 Å². The molecule has 1 aromatic heterocycles. The lowest BCUT2D eigenvalue weighted by Gasteiger charge is -2.16. The first-order chi connectivity index (χ1) is 14.3. The third-order valence-electron chi connectivity index (χ3n) is 4.45. The molecule has 0 spiro atoms. The molecule has 3 aromatic rings. The molecule has 0 bridgehead atoms. The van der Waals surface area contributed by atoms with E-state index in [1.165, 1.54) is 0 Å². The molecule has 0 aliphatic carbocycles. The minimum atomic E-state index is -4.24. The molecule has 0 aliphatic heterocycles. The minimum Gasteiger partial charge on any atom is -0.468 e. The zero-order valence-electron chi connectivity index (χ0n) is 15.7. The molecule has 156 valence electrons. The Hall–Kier alpha value is -3.67. The van der Waals surface area contributed by atoms with Crippen molar-refractivity contribution in [2.24, 2.45) is 0 Å². The van der Waals surface area contributed by atoms with Crippen LogP contribution in [0.1, 0.15) is 6.42 Å². The molecule has 1 heterocycles. The van der Waals surface area contributed by atoms with Gasteiger partial charge in [-0.15, -0.1) is 5.10 Å². The van der Waals surface area contributed by atoms with Gasteiger partial charge in [-0.1, -0.05) is 17.3 Å². The summed E-state index contributed by atoms with van der Waals surface area (Å²) in [6.07, 6.45) is -0.307. The second-order valence-electron chi connectivity index (χ2n) is 6.23. The number of ether oxygens (including phenoxy) is 1. The molecule has 0 N–H and O–H groups in total. The van der Waals surface area contributed by atoms with Crippen LogP contribution in [0.4, 0.5) is 5.69 Å². The Bertz CT molecular complexity index is 1270. The van der Waals surface area contributed by atoms with E-state index in [-0.39, 0.29) is 23.5 Å². The molecule has 12 heteroatoms. The predicted octanol–water partition coefficient (Wildman–Crippen LogP) is 1.11. The van der Waals surface area contributed by atoms with Gasteiger partial charge in [0.25, 0.3) is 11.2 Å². The van der Waals surface area contributed by atoms with E-state index in [1.807, 2.05) is 0 Å². The standard InChI is InChI=1S/C18H16N4O7S/c1-29-18(24)16(30(27,28)13-8-6-12(7-9-13)22(25)26)10-11-21-17(23)14-4-2-3-5-15(14)19-20-21/h2-9,16H,10-11H2,1H3. The average molecular weight is 432 g/mol. The first kappa shape index (κ1) is 21.0. The number of hydrogen-bond acceptors (Lipinski definition) is 9. The molecule has 1 atom stereocenters. The quantitative estimate of drug-likeness (QED) is 0.303. The summed E-state index contributed by atoms with van der Waals surface area (Å²) in [7, 11) is -3.20. The largest absolute Gasteiger partial charge is 0.468 e. The van der Waals surface area contributed by atoms with Crippen molar-refractivity contribution in [3.05, 3.63) is 69.0 Å². The first-order valence-electron chi connectivity index (χ1n) is 8.64. The van der Waals surface area contributed by atoms with Crippen LogP contribution in [0.25, 0.3) is 10.9 Å². The van der Waals surface area contributed by atoms with Crippen LogP contribution in [-0.2, 0) is 25.9 Å². The molecule has 0 saturated carbocycles. The Labute approximate surface area is 170 Å². The van der Waals surface area contributed by atoms with Crippen molar-refractivity contribution in [2.45, 2.75) is 23.1 Å². The number of non-ortho nitro benzene ring substituents is 1. The second kappa shape index (κ2) is 8.37. The fourth-order valence-corrected chi connectivity index (χ4v) is 4.47. The smallest absolute Gasteiger partial charge is 0.324 e. The number of rotatable bonds is 7. The van der Waals surface area contributed by atoms with Crippen LogP contribution in [0.15, 0.2) is 58.2 Å². The maximum atomic E-state index is 12.9. The van der Waals surface area contributed by atoms with Gasteiger partial charge in [0.2, 0.25) is 0 Å². The fraction of sp³-hybridized carbons (Fsp3) is 0.222. The molecular formula is C18H16N4O7S. The van der Waals surface area contributed by atoms with E-state index < -0.39 is 31.5 Å². The molecule has 1 unspecified atom stereocenters. The second-order valence-corrected chi connectivity index (χ2v) is 8.36. The Morgan fingerprint density at radius 1 is 1.20 bits per heavy atom. The lowest BCUT2D eigenvalue weighted by molar-refractivity contribution is -0.384. The van der Waals surface area contributed by atoms with E-state index in [4.69, 9.17) is 0 Å². The van der Waals surface area contributed by atoms with Crippen molar-refractivity contribution >= 4 is 32.4 Å². The third-order valence-corrected chi connectivity index (χ3v) is 6.55. The summed E-state index contributed by atoms with van der Waals surface area (Å²) in [5.41, 5.74) is -0.375. The van der Waals surface area contributed by atoms with Crippen LogP contribution in [0, 0.1) is 10.1 Å². The summed E-state index contributed by atoms with van der Waals surface area (Å²) in [6, 6.07) is 10.7. The highest BCUT2D eigenvalue weighted by Crippen LogP contribution is 2.22. The average Bonchev–Trinajstić information content (AvgIpc) is 2.75. The van der Waals surface area contributed by atoms with E-state index >= 15 is 0 Å². The summed E-state index contributed by atoms with van der Waals surface area (Å²) in [5, 5.41) is 17.1. The van der Waals surface area contributed by atoms with Gasteiger partial charge in [-0.2, -0.15) is 0 Å². The number of nitro groups is 1. The number of nitro benzene ring substituents is 1. The van der Waals surface area contributed by atoms with Gasteiger partial charge < -0.3 is 4.74 Å². The molecule has 0 fully saturated rings. The van der Waals surface area contributed by atoms with Gasteiger partial charge in [0.15, 0.2) is 15.1 Å². The molecular weight excluding hydrogens is 416 g/mol. The summed E-state index contributed by atoms with van der Waals surface area (Å²) in [5.74, 6) is -1.02. The molecule has 30 heavy (non-hydrogen) atoms. The summed E-state index contributed by atoms with van der Waals surface area (Å²) >= 11 is 0. The zero-order chi connectivity index (χ0) is 21.9. The number of methoxy groups -OCH3 is 1. The number of sulfone groups is 1. The Morgan fingerprint density at radius 3 is 2.50 bits per heavy atom. The van der Waals surface area contributed by atoms with Crippen LogP contribution in [0.2, 0.25) is 0 Å². The van der Waals surface area contributed by atoms with Gasteiger partial charge in [-0.05, 0) is 30.7 Å². The zero-order valence-corrected chi connectivity index (χ0v) is 16.5. The Balaban J connectivity index is 1.91. The maximum Gasteiger partial charge on any atom is 0.324 e. The Morgan fingerprint density at radius 2 is 1.87 bits per heavy atom. The van der Waals surface area contributed by atoms with E-state index in [9.17, 15) is 28.1 Å². The molecule has 0 amide bonds. The number of aromatic nitrogens is 3. The topological polar surface area (TPSA) is 151 Å². The number of carbonyl (C=O) groups is 1. The minimum absolute atomic E-state index is 0.206. The summed E-state index contributed by atoms with van der Waals surface area (Å²) < 4.78 is 31.5. The van der Waals surface area contributed by atoms with Crippen LogP contribution >= 0.6 is 0 Å². The SMILES string of the molecule is COC(=O)C(CCn1nnc2ccccc2c1=O)S(=O)(=O)c1ccc([N+](=O)[O-])cc1. The molecule has 2 aromatic carbocycles. The highest BCUT2D eigenvalue weighted by atomic mass is 32.2. The molecule has 0 aliphatic rings. The summed E-state index contributed by atoms with van der Waals surface area (Å²) in [4.78, 5) is 34.6. The van der Waals surface area contributed by atoms with Crippen molar-refractivity contribution in [2.75, 3.05) is 7.11 Å². The highest BCUT2D eigenvalue weighted by Gasteiger charge is 2.35. The van der Waals surface area contributed by atoms with Gasteiger partial charge in [-0.3, -0.25) is 19.7 Å². The fourth-order valence-electron chi connectivity index (χ4n) is 2.86. The lowest BCUT2D eigenvalue weighted by Crippen LogP contribution is -2.34. The van der Waals surface area contributed by atoms with Crippen molar-refractivity contribution in [3.63, 3.8) is 0 Å². The lowest BCUT2D eigenvalue weighted by atomic mass is 10.2. The van der Waals surface area contributed by atoms with Gasteiger partial charge in [0, 0.05) is 18.7 Å². The van der Waals surface area contributed by atoms with Gasteiger partial charge in [0.1, 0.15) is 5.52 Å². The number of esters is 1. The van der Waals surface area contributed by atoms with Crippen LogP contribution in [0.5, 0.6) is 0 Å². The van der Waals surface area contributed by atoms with Crippen molar-refractivity contribution < 1.29 is 22.9 Å². The van der Waals surface area contributed by atoms with E-state index in [2.05, 4.69) is 15.0 Å². The number of benzene rings is 2. The van der Waals surface area contributed by atoms with Gasteiger partial charge in [0.05, 0.1) is 22.3 Å². The molecule has 0 saturated heterocycles. The Kier molecular flexibility index (Phi) is 5.87. The maximum absolute atomic E-state index is 12.9. The van der Waals surface area contributed by atoms with Crippen LogP contribution in [-0.4, -0.2) is 46.7 Å². The molecule has 3 rings (SSSR count). The highest BCUT2D eigenvalue weighted by molar-refractivity contribution is 7.92. The van der Waals surface area contributed by atoms with E-state index in [0.29, 0.717) is 10.9 Å². The molecule has 0 radical (unpaired) electrons. The van der Waals surface area contributed by atoms with Gasteiger partial charge >= 0.3 is 5.97 Å². The monoisotopic (exact) mass is 432 g/mol. The number of aryl methyl sites for hydroxylation is 1. The van der Waals surface area contributed by atoms with Crippen molar-refractivity contribution in [1.29, 1.82) is 0 Å². The number of hydrogen-bond donors (Lipinski definition) is 0. The predicted molar refractivity (Wildman–Crippen MR) is 105 cm³/mol.